The number of piperidine rings is 1. The van der Waals surface area contributed by atoms with Crippen LogP contribution in [0.2, 0.25) is 0 Å². The predicted molar refractivity (Wildman–Crippen MR) is 71.7 cm³/mol. The van der Waals surface area contributed by atoms with Crippen molar-refractivity contribution in [1.29, 1.82) is 0 Å². The van der Waals surface area contributed by atoms with E-state index in [9.17, 15) is 19.2 Å². The number of imide groups is 1. The normalized spacial score (nSPS) is 18.0. The number of aromatic nitrogens is 1. The predicted octanol–water partition coefficient (Wildman–Crippen LogP) is -0.145. The number of carbonyl (C=O) groups is 4. The number of amides is 3. The molecule has 1 aromatic heterocycles. The molecular formula is C12H13N3O5S. The summed E-state index contributed by atoms with van der Waals surface area (Å²) in [5, 5.41) is 6.10. The maximum absolute atomic E-state index is 11.9. The van der Waals surface area contributed by atoms with Crippen LogP contribution >= 0.6 is 11.3 Å². The van der Waals surface area contributed by atoms with E-state index in [0.717, 1.165) is 11.3 Å². The maximum atomic E-state index is 11.9. The fraction of sp³-hybridized carbons (Fsp3) is 0.417. The first-order valence-electron chi connectivity index (χ1n) is 6.28. The van der Waals surface area contributed by atoms with E-state index < -0.39 is 23.8 Å². The second kappa shape index (κ2) is 6.44. The molecule has 3 amide bonds. The van der Waals surface area contributed by atoms with Gasteiger partial charge in [-0.3, -0.25) is 19.7 Å². The smallest absolute Gasteiger partial charge is 0.367 e. The molecule has 1 aromatic rings. The number of hydrogen-bond donors (Lipinski definition) is 2. The summed E-state index contributed by atoms with van der Waals surface area (Å²) < 4.78 is 4.78. The molecule has 1 aliphatic rings. The Morgan fingerprint density at radius 2 is 2.29 bits per heavy atom. The maximum Gasteiger partial charge on any atom is 0.367 e. The quantitative estimate of drug-likeness (QED) is 0.590. The molecule has 9 heteroatoms. The van der Waals surface area contributed by atoms with Gasteiger partial charge in [-0.15, -0.1) is 11.3 Å². The molecule has 8 nitrogen and oxygen atoms in total. The number of nitrogens with zero attached hydrogens (tertiary/aromatic N) is 1. The van der Waals surface area contributed by atoms with Crippen molar-refractivity contribution in [3.05, 3.63) is 16.1 Å². The highest BCUT2D eigenvalue weighted by molar-refractivity contribution is 7.11. The standard InChI is InChI=1S/C12H13N3O5S/c1-2-20-12(19)11-14-7(5-21-11)10(18)13-6-3-4-8(16)15-9(6)17/h5-6H,2-4H2,1H3,(H,13,18)(H,15,16,17)/t6-/m1/s1. The number of ether oxygens (including phenoxy) is 1. The van der Waals surface area contributed by atoms with Crippen molar-refractivity contribution in [2.75, 3.05) is 6.61 Å². The summed E-state index contributed by atoms with van der Waals surface area (Å²) in [6.45, 7) is 1.89. The molecule has 2 heterocycles. The van der Waals surface area contributed by atoms with E-state index in [0.29, 0.717) is 0 Å². The van der Waals surface area contributed by atoms with Gasteiger partial charge in [0.15, 0.2) is 0 Å². The van der Waals surface area contributed by atoms with Gasteiger partial charge in [0.25, 0.3) is 5.91 Å². The number of carbonyl (C=O) groups excluding carboxylic acids is 4. The van der Waals surface area contributed by atoms with Gasteiger partial charge in [-0.05, 0) is 13.3 Å². The van der Waals surface area contributed by atoms with Gasteiger partial charge in [0.1, 0.15) is 11.7 Å². The van der Waals surface area contributed by atoms with Gasteiger partial charge >= 0.3 is 5.97 Å². The van der Waals surface area contributed by atoms with Gasteiger partial charge < -0.3 is 10.1 Å². The Balaban J connectivity index is 1.99. The Morgan fingerprint density at radius 3 is 2.95 bits per heavy atom. The van der Waals surface area contributed by atoms with E-state index in [1.807, 2.05) is 0 Å². The first kappa shape index (κ1) is 15.1. The molecule has 21 heavy (non-hydrogen) atoms. The van der Waals surface area contributed by atoms with Gasteiger partial charge in [0, 0.05) is 11.8 Å². The second-order valence-electron chi connectivity index (χ2n) is 4.24. The number of hydrogen-bond acceptors (Lipinski definition) is 7. The zero-order valence-electron chi connectivity index (χ0n) is 11.2. The Hall–Kier alpha value is -2.29. The van der Waals surface area contributed by atoms with Gasteiger partial charge in [-0.1, -0.05) is 0 Å². The first-order valence-corrected chi connectivity index (χ1v) is 7.16. The molecule has 1 saturated heterocycles. The molecule has 0 aromatic carbocycles. The van der Waals surface area contributed by atoms with E-state index >= 15 is 0 Å². The van der Waals surface area contributed by atoms with Crippen molar-refractivity contribution in [3.8, 4) is 0 Å². The average Bonchev–Trinajstić information content (AvgIpc) is 2.92. The minimum Gasteiger partial charge on any atom is -0.461 e. The van der Waals surface area contributed by atoms with Crippen LogP contribution in [0.3, 0.4) is 0 Å². The summed E-state index contributed by atoms with van der Waals surface area (Å²) in [7, 11) is 0. The summed E-state index contributed by atoms with van der Waals surface area (Å²) in [5.41, 5.74) is 0.0350. The third kappa shape index (κ3) is 3.63. The molecule has 1 aliphatic heterocycles. The lowest BCUT2D eigenvalue weighted by molar-refractivity contribution is -0.134. The van der Waals surface area contributed by atoms with E-state index in [1.165, 1.54) is 5.38 Å². The molecule has 0 unspecified atom stereocenters. The fourth-order valence-corrected chi connectivity index (χ4v) is 2.42. The summed E-state index contributed by atoms with van der Waals surface area (Å²) in [6.07, 6.45) is 0.410. The van der Waals surface area contributed by atoms with Crippen molar-refractivity contribution < 1.29 is 23.9 Å². The van der Waals surface area contributed by atoms with Crippen molar-refractivity contribution in [2.24, 2.45) is 0 Å². The molecule has 2 rings (SSSR count). The molecular weight excluding hydrogens is 298 g/mol. The van der Waals surface area contributed by atoms with Crippen LogP contribution in [0.25, 0.3) is 0 Å². The molecule has 0 aliphatic carbocycles. The Morgan fingerprint density at radius 1 is 1.52 bits per heavy atom. The van der Waals surface area contributed by atoms with E-state index in [-0.39, 0.29) is 36.1 Å². The number of rotatable bonds is 4. The highest BCUT2D eigenvalue weighted by Gasteiger charge is 2.28. The van der Waals surface area contributed by atoms with Crippen LogP contribution in [0, 0.1) is 0 Å². The third-order valence-corrected chi connectivity index (χ3v) is 3.55. The van der Waals surface area contributed by atoms with Gasteiger partial charge in [0.2, 0.25) is 16.8 Å². The van der Waals surface area contributed by atoms with Crippen LogP contribution in [0.5, 0.6) is 0 Å². The van der Waals surface area contributed by atoms with Gasteiger partial charge in [-0.2, -0.15) is 0 Å². The van der Waals surface area contributed by atoms with E-state index in [2.05, 4.69) is 15.6 Å². The fourth-order valence-electron chi connectivity index (χ4n) is 1.73. The van der Waals surface area contributed by atoms with Crippen LogP contribution < -0.4 is 10.6 Å². The summed E-state index contributed by atoms with van der Waals surface area (Å²) >= 11 is 0.988. The minimum absolute atomic E-state index is 0.0350. The summed E-state index contributed by atoms with van der Waals surface area (Å²) in [6, 6.07) is -0.775. The van der Waals surface area contributed by atoms with E-state index in [1.54, 1.807) is 6.92 Å². The SMILES string of the molecule is CCOC(=O)c1nc(C(=O)N[C@@H]2CCC(=O)NC2=O)cs1. The Bertz CT molecular complexity index is 597. The van der Waals surface area contributed by atoms with Crippen LogP contribution in [0.4, 0.5) is 0 Å². The second-order valence-corrected chi connectivity index (χ2v) is 5.09. The van der Waals surface area contributed by atoms with Crippen LogP contribution in [0.15, 0.2) is 5.38 Å². The molecule has 112 valence electrons. The lowest BCUT2D eigenvalue weighted by atomic mass is 10.1. The van der Waals surface area contributed by atoms with Crippen LogP contribution in [-0.2, 0) is 14.3 Å². The van der Waals surface area contributed by atoms with Crippen LogP contribution in [0.1, 0.15) is 40.1 Å². The Labute approximate surface area is 123 Å². The molecule has 1 fully saturated rings. The first-order chi connectivity index (χ1) is 10.0. The zero-order valence-corrected chi connectivity index (χ0v) is 12.0. The lowest BCUT2D eigenvalue weighted by Crippen LogP contribution is -2.52. The number of esters is 1. The van der Waals surface area contributed by atoms with Crippen molar-refractivity contribution in [2.45, 2.75) is 25.8 Å². The number of nitrogens with one attached hydrogen (secondary N) is 2. The largest absolute Gasteiger partial charge is 0.461 e. The van der Waals surface area contributed by atoms with Gasteiger partial charge in [0.05, 0.1) is 6.61 Å². The molecule has 0 radical (unpaired) electrons. The number of thiazole rings is 1. The van der Waals surface area contributed by atoms with Crippen molar-refractivity contribution in [3.63, 3.8) is 0 Å². The van der Waals surface area contributed by atoms with E-state index in [4.69, 9.17) is 4.74 Å². The molecule has 1 atom stereocenters. The third-order valence-electron chi connectivity index (χ3n) is 2.73. The molecule has 2 N–H and O–H groups in total. The average molecular weight is 311 g/mol. The lowest BCUT2D eigenvalue weighted by Gasteiger charge is -2.21. The topological polar surface area (TPSA) is 114 Å². The summed E-state index contributed by atoms with van der Waals surface area (Å²) in [4.78, 5) is 49.8. The van der Waals surface area contributed by atoms with Crippen molar-refractivity contribution in [1.82, 2.24) is 15.6 Å². The molecule has 0 bridgehead atoms. The monoisotopic (exact) mass is 311 g/mol. The minimum atomic E-state index is -0.775. The van der Waals surface area contributed by atoms with Gasteiger partial charge in [-0.25, -0.2) is 9.78 Å². The highest BCUT2D eigenvalue weighted by Crippen LogP contribution is 2.12. The Kier molecular flexibility index (Phi) is 4.63. The zero-order chi connectivity index (χ0) is 15.4. The molecule has 0 saturated carbocycles. The van der Waals surface area contributed by atoms with Crippen molar-refractivity contribution >= 4 is 35.0 Å². The van der Waals surface area contributed by atoms with Crippen LogP contribution in [-0.4, -0.2) is 41.3 Å². The highest BCUT2D eigenvalue weighted by atomic mass is 32.1. The molecule has 0 spiro atoms. The summed E-state index contributed by atoms with van der Waals surface area (Å²) in [5.74, 6) is -2.07.